The van der Waals surface area contributed by atoms with E-state index in [2.05, 4.69) is 5.32 Å². The van der Waals surface area contributed by atoms with Gasteiger partial charge in [-0.3, -0.25) is 0 Å². The zero-order valence-electron chi connectivity index (χ0n) is 10.1. The molecular formula is C13H21FN2. The fourth-order valence-corrected chi connectivity index (χ4v) is 1.53. The second kappa shape index (κ2) is 5.97. The summed E-state index contributed by atoms with van der Waals surface area (Å²) >= 11 is 0. The number of hydrogen-bond donors (Lipinski definition) is 2. The number of nitrogens with one attached hydrogen (secondary N) is 1. The monoisotopic (exact) mass is 224 g/mol. The van der Waals surface area contributed by atoms with Crippen LogP contribution in [0.5, 0.6) is 0 Å². The van der Waals surface area contributed by atoms with Crippen molar-refractivity contribution in [2.75, 3.05) is 6.54 Å². The molecule has 0 aromatic heterocycles. The van der Waals surface area contributed by atoms with E-state index >= 15 is 0 Å². The highest BCUT2D eigenvalue weighted by Gasteiger charge is 2.09. The summed E-state index contributed by atoms with van der Waals surface area (Å²) < 4.78 is 13.2. The third-order valence-electron chi connectivity index (χ3n) is 2.45. The van der Waals surface area contributed by atoms with Crippen LogP contribution in [0, 0.1) is 5.82 Å². The lowest BCUT2D eigenvalue weighted by Crippen LogP contribution is -2.32. The minimum atomic E-state index is -0.144. The molecule has 0 unspecified atom stereocenters. The summed E-state index contributed by atoms with van der Waals surface area (Å²) in [4.78, 5) is 0. The molecule has 0 aliphatic carbocycles. The van der Waals surface area contributed by atoms with Crippen LogP contribution in [-0.4, -0.2) is 12.1 Å². The zero-order chi connectivity index (χ0) is 12.0. The Hall–Kier alpha value is -0.930. The summed E-state index contributed by atoms with van der Waals surface area (Å²) in [5, 5.41) is 3.22. The Morgan fingerprint density at radius 2 is 2.00 bits per heavy atom. The summed E-state index contributed by atoms with van der Waals surface area (Å²) in [6.07, 6.45) is 1.98. The third-order valence-corrected chi connectivity index (χ3v) is 2.45. The minimum Gasteiger partial charge on any atom is -0.326 e. The predicted molar refractivity (Wildman–Crippen MR) is 65.6 cm³/mol. The highest BCUT2D eigenvalue weighted by atomic mass is 19.1. The normalized spacial score (nSPS) is 11.8. The first-order valence-electron chi connectivity index (χ1n) is 5.72. The molecule has 0 saturated heterocycles. The zero-order valence-corrected chi connectivity index (χ0v) is 10.1. The topological polar surface area (TPSA) is 38.0 Å². The van der Waals surface area contributed by atoms with E-state index in [0.717, 1.165) is 24.9 Å². The molecule has 0 fully saturated rings. The van der Waals surface area contributed by atoms with Gasteiger partial charge in [0.2, 0.25) is 0 Å². The molecule has 2 nitrogen and oxygen atoms in total. The average molecular weight is 224 g/mol. The van der Waals surface area contributed by atoms with Crippen LogP contribution in [0.1, 0.15) is 32.3 Å². The predicted octanol–water partition coefficient (Wildman–Crippen LogP) is 2.43. The molecule has 0 amide bonds. The highest BCUT2D eigenvalue weighted by molar-refractivity contribution is 5.16. The summed E-state index contributed by atoms with van der Waals surface area (Å²) in [6.45, 7) is 5.49. The molecule has 3 heteroatoms. The van der Waals surface area contributed by atoms with Crippen molar-refractivity contribution in [3.63, 3.8) is 0 Å². The molecule has 1 rings (SSSR count). The number of benzene rings is 1. The van der Waals surface area contributed by atoms with Crippen molar-refractivity contribution < 1.29 is 4.39 Å². The van der Waals surface area contributed by atoms with Gasteiger partial charge in [0.25, 0.3) is 0 Å². The van der Waals surface area contributed by atoms with Crippen LogP contribution >= 0.6 is 0 Å². The van der Waals surface area contributed by atoms with Crippen LogP contribution in [0.3, 0.4) is 0 Å². The molecular weight excluding hydrogens is 203 g/mol. The van der Waals surface area contributed by atoms with E-state index in [-0.39, 0.29) is 11.4 Å². The van der Waals surface area contributed by atoms with Crippen LogP contribution < -0.4 is 11.1 Å². The number of halogens is 1. The van der Waals surface area contributed by atoms with E-state index < -0.39 is 0 Å². The Kier molecular flexibility index (Phi) is 4.90. The molecule has 1 aromatic rings. The first-order valence-corrected chi connectivity index (χ1v) is 5.72. The van der Waals surface area contributed by atoms with Gasteiger partial charge in [0.15, 0.2) is 0 Å². The highest BCUT2D eigenvalue weighted by Crippen LogP contribution is 2.07. The van der Waals surface area contributed by atoms with Crippen molar-refractivity contribution in [2.24, 2.45) is 5.73 Å². The van der Waals surface area contributed by atoms with Crippen molar-refractivity contribution in [3.8, 4) is 0 Å². The van der Waals surface area contributed by atoms with Gasteiger partial charge < -0.3 is 11.1 Å². The van der Waals surface area contributed by atoms with E-state index in [1.54, 1.807) is 12.1 Å². The summed E-state index contributed by atoms with van der Waals surface area (Å²) in [5.41, 5.74) is 6.47. The lowest BCUT2D eigenvalue weighted by atomic mass is 10.0. The fourth-order valence-electron chi connectivity index (χ4n) is 1.53. The van der Waals surface area contributed by atoms with Gasteiger partial charge in [-0.05, 0) is 39.3 Å². The Labute approximate surface area is 97.0 Å². The molecule has 0 bridgehead atoms. The second-order valence-electron chi connectivity index (χ2n) is 4.86. The second-order valence-corrected chi connectivity index (χ2v) is 4.86. The van der Waals surface area contributed by atoms with Gasteiger partial charge in [-0.2, -0.15) is 0 Å². The van der Waals surface area contributed by atoms with Crippen molar-refractivity contribution in [2.45, 2.75) is 38.8 Å². The first-order chi connectivity index (χ1) is 7.49. The Morgan fingerprint density at radius 1 is 1.31 bits per heavy atom. The SMILES string of the molecule is CC(C)(N)CCCNCc1ccccc1F. The van der Waals surface area contributed by atoms with Gasteiger partial charge in [0.1, 0.15) is 5.82 Å². The Morgan fingerprint density at radius 3 is 2.62 bits per heavy atom. The molecule has 0 saturated carbocycles. The maximum Gasteiger partial charge on any atom is 0.127 e. The largest absolute Gasteiger partial charge is 0.326 e. The smallest absolute Gasteiger partial charge is 0.127 e. The quantitative estimate of drug-likeness (QED) is 0.728. The molecule has 0 atom stereocenters. The minimum absolute atomic E-state index is 0.111. The van der Waals surface area contributed by atoms with Gasteiger partial charge in [-0.25, -0.2) is 4.39 Å². The maximum atomic E-state index is 13.2. The molecule has 0 aliphatic rings. The molecule has 0 aliphatic heterocycles. The number of nitrogens with two attached hydrogens (primary N) is 1. The molecule has 0 heterocycles. The van der Waals surface area contributed by atoms with Gasteiger partial charge in [0.05, 0.1) is 0 Å². The van der Waals surface area contributed by atoms with Gasteiger partial charge >= 0.3 is 0 Å². The average Bonchev–Trinajstić information content (AvgIpc) is 2.18. The van der Waals surface area contributed by atoms with E-state index in [4.69, 9.17) is 5.73 Å². The van der Waals surface area contributed by atoms with Crippen LogP contribution in [0.15, 0.2) is 24.3 Å². The fraction of sp³-hybridized carbons (Fsp3) is 0.538. The standard InChI is InChI=1S/C13H21FN2/c1-13(2,15)8-5-9-16-10-11-6-3-4-7-12(11)14/h3-4,6-7,16H,5,8-10,15H2,1-2H3. The first kappa shape index (κ1) is 13.1. The molecule has 16 heavy (non-hydrogen) atoms. The molecule has 0 spiro atoms. The van der Waals surface area contributed by atoms with E-state index in [1.165, 1.54) is 6.07 Å². The summed E-state index contributed by atoms with van der Waals surface area (Å²) in [7, 11) is 0. The van der Waals surface area contributed by atoms with Crippen LogP contribution in [0.4, 0.5) is 4.39 Å². The summed E-state index contributed by atoms with van der Waals surface area (Å²) in [6, 6.07) is 6.84. The van der Waals surface area contributed by atoms with Crippen molar-refractivity contribution >= 4 is 0 Å². The van der Waals surface area contributed by atoms with E-state index in [0.29, 0.717) is 6.54 Å². The molecule has 0 radical (unpaired) electrons. The van der Waals surface area contributed by atoms with Gasteiger partial charge in [0, 0.05) is 17.6 Å². The Balaban J connectivity index is 2.19. The molecule has 90 valence electrons. The van der Waals surface area contributed by atoms with Crippen molar-refractivity contribution in [1.29, 1.82) is 0 Å². The maximum absolute atomic E-state index is 13.2. The van der Waals surface area contributed by atoms with Crippen molar-refractivity contribution in [1.82, 2.24) is 5.32 Å². The van der Waals surface area contributed by atoms with Crippen molar-refractivity contribution in [3.05, 3.63) is 35.6 Å². The lowest BCUT2D eigenvalue weighted by molar-refractivity contribution is 0.447. The lowest BCUT2D eigenvalue weighted by Gasteiger charge is -2.18. The van der Waals surface area contributed by atoms with Gasteiger partial charge in [-0.1, -0.05) is 18.2 Å². The molecule has 3 N–H and O–H groups in total. The Bertz CT molecular complexity index is 318. The van der Waals surface area contributed by atoms with E-state index in [1.807, 2.05) is 19.9 Å². The third kappa shape index (κ3) is 5.24. The summed E-state index contributed by atoms with van der Waals surface area (Å²) in [5.74, 6) is -0.144. The number of rotatable bonds is 6. The van der Waals surface area contributed by atoms with E-state index in [9.17, 15) is 4.39 Å². The van der Waals surface area contributed by atoms with Crippen LogP contribution in [0.25, 0.3) is 0 Å². The van der Waals surface area contributed by atoms with Crippen LogP contribution in [0.2, 0.25) is 0 Å². The van der Waals surface area contributed by atoms with Crippen LogP contribution in [-0.2, 0) is 6.54 Å². The number of hydrogen-bond acceptors (Lipinski definition) is 2. The molecule has 1 aromatic carbocycles. The van der Waals surface area contributed by atoms with Gasteiger partial charge in [-0.15, -0.1) is 0 Å².